The minimum absolute atomic E-state index is 0.115. The van der Waals surface area contributed by atoms with Gasteiger partial charge in [0.1, 0.15) is 0 Å². The number of hydrogen-bond donors (Lipinski definition) is 2. The molecule has 2 rings (SSSR count). The van der Waals surface area contributed by atoms with Crippen molar-refractivity contribution >= 4 is 21.8 Å². The maximum atomic E-state index is 7.68. The van der Waals surface area contributed by atoms with E-state index in [2.05, 4.69) is 32.9 Å². The summed E-state index contributed by atoms with van der Waals surface area (Å²) in [5.74, 6) is 0.324. The molecule has 0 amide bonds. The first-order valence-electron chi connectivity index (χ1n) is 6.58. The highest BCUT2D eigenvalue weighted by Crippen LogP contribution is 2.32. The number of piperidine rings is 1. The molecular weight excluding hydrogens is 306 g/mol. The molecule has 19 heavy (non-hydrogen) atoms. The molecule has 1 aliphatic rings. The van der Waals surface area contributed by atoms with Crippen molar-refractivity contribution in [1.29, 1.82) is 5.41 Å². The van der Waals surface area contributed by atoms with Crippen molar-refractivity contribution in [3.05, 3.63) is 15.9 Å². The largest absolute Gasteiger partial charge is 0.387 e. The number of nitrogens with two attached hydrogens (primary N) is 1. The van der Waals surface area contributed by atoms with Crippen LogP contribution in [0.5, 0.6) is 0 Å². The van der Waals surface area contributed by atoms with E-state index in [4.69, 9.17) is 11.1 Å². The first-order chi connectivity index (χ1) is 8.83. The number of aromatic nitrogens is 2. The van der Waals surface area contributed by atoms with Crippen LogP contribution in [0.1, 0.15) is 31.2 Å². The first-order valence-corrected chi connectivity index (χ1v) is 7.37. The van der Waals surface area contributed by atoms with E-state index in [1.807, 2.05) is 18.7 Å². The maximum absolute atomic E-state index is 7.68. The lowest BCUT2D eigenvalue weighted by atomic mass is 9.79. The van der Waals surface area contributed by atoms with Crippen LogP contribution in [0.25, 0.3) is 0 Å². The summed E-state index contributed by atoms with van der Waals surface area (Å²) < 4.78 is 3.05. The average molecular weight is 328 g/mol. The quantitative estimate of drug-likeness (QED) is 0.659. The molecule has 106 valence electrons. The van der Waals surface area contributed by atoms with Gasteiger partial charge in [-0.1, -0.05) is 6.92 Å². The van der Waals surface area contributed by atoms with Gasteiger partial charge in [-0.2, -0.15) is 5.10 Å². The fourth-order valence-corrected chi connectivity index (χ4v) is 3.00. The second kappa shape index (κ2) is 5.25. The van der Waals surface area contributed by atoms with Crippen LogP contribution in [0.2, 0.25) is 0 Å². The van der Waals surface area contributed by atoms with Crippen LogP contribution in [0.4, 0.5) is 0 Å². The number of aryl methyl sites for hydroxylation is 2. The lowest BCUT2D eigenvalue weighted by molar-refractivity contribution is 0.152. The summed E-state index contributed by atoms with van der Waals surface area (Å²) in [4.78, 5) is 2.41. The van der Waals surface area contributed by atoms with Gasteiger partial charge in [-0.05, 0) is 48.8 Å². The molecule has 1 aromatic rings. The van der Waals surface area contributed by atoms with Gasteiger partial charge in [0.05, 0.1) is 21.7 Å². The summed E-state index contributed by atoms with van der Waals surface area (Å²) in [5.41, 5.74) is 7.82. The van der Waals surface area contributed by atoms with Gasteiger partial charge in [0, 0.05) is 19.0 Å². The third kappa shape index (κ3) is 2.84. The van der Waals surface area contributed by atoms with Gasteiger partial charge in [-0.15, -0.1) is 0 Å². The monoisotopic (exact) mass is 327 g/mol. The molecule has 2 heterocycles. The third-order valence-electron chi connectivity index (χ3n) is 4.24. The Hall–Kier alpha value is -0.880. The van der Waals surface area contributed by atoms with Crippen LogP contribution < -0.4 is 5.73 Å². The highest BCUT2D eigenvalue weighted by molar-refractivity contribution is 9.10. The Morgan fingerprint density at radius 3 is 2.47 bits per heavy atom. The van der Waals surface area contributed by atoms with Crippen molar-refractivity contribution in [3.63, 3.8) is 0 Å². The van der Waals surface area contributed by atoms with E-state index in [1.165, 1.54) is 5.69 Å². The van der Waals surface area contributed by atoms with Crippen LogP contribution in [-0.4, -0.2) is 33.6 Å². The van der Waals surface area contributed by atoms with Crippen molar-refractivity contribution in [2.45, 2.75) is 33.2 Å². The summed E-state index contributed by atoms with van der Waals surface area (Å²) in [6, 6.07) is 0. The van der Waals surface area contributed by atoms with Gasteiger partial charge < -0.3 is 5.73 Å². The molecule has 1 fully saturated rings. The zero-order chi connectivity index (χ0) is 14.2. The molecule has 1 aromatic heterocycles. The zero-order valence-electron chi connectivity index (χ0n) is 11.8. The lowest BCUT2D eigenvalue weighted by Gasteiger charge is -2.38. The van der Waals surface area contributed by atoms with Crippen LogP contribution in [0, 0.1) is 17.7 Å². The molecule has 0 unspecified atom stereocenters. The molecule has 0 aliphatic carbocycles. The minimum atomic E-state index is -0.115. The van der Waals surface area contributed by atoms with E-state index in [-0.39, 0.29) is 5.41 Å². The number of hydrogen-bond acceptors (Lipinski definition) is 3. The second-order valence-corrected chi connectivity index (χ2v) is 6.51. The van der Waals surface area contributed by atoms with Crippen molar-refractivity contribution < 1.29 is 0 Å². The van der Waals surface area contributed by atoms with E-state index < -0.39 is 0 Å². The van der Waals surface area contributed by atoms with Gasteiger partial charge >= 0.3 is 0 Å². The van der Waals surface area contributed by atoms with Gasteiger partial charge in [0.15, 0.2) is 0 Å². The van der Waals surface area contributed by atoms with E-state index in [9.17, 15) is 0 Å². The molecule has 0 aromatic carbocycles. The number of nitrogens with one attached hydrogen (secondary N) is 1. The van der Waals surface area contributed by atoms with Gasteiger partial charge in [-0.25, -0.2) is 0 Å². The van der Waals surface area contributed by atoms with Crippen molar-refractivity contribution in [3.8, 4) is 0 Å². The minimum Gasteiger partial charge on any atom is -0.387 e. The van der Waals surface area contributed by atoms with Crippen molar-refractivity contribution in [2.75, 3.05) is 13.1 Å². The Bertz CT molecular complexity index is 485. The predicted molar refractivity (Wildman–Crippen MR) is 80.2 cm³/mol. The molecule has 0 atom stereocenters. The van der Waals surface area contributed by atoms with Crippen molar-refractivity contribution in [2.24, 2.45) is 18.2 Å². The number of halogens is 1. The molecule has 0 spiro atoms. The number of nitrogens with zero attached hydrogens (tertiary/aromatic N) is 3. The number of rotatable bonds is 3. The Kier molecular flexibility index (Phi) is 4.01. The normalized spacial score (nSPS) is 19.6. The first kappa shape index (κ1) is 14.5. The molecule has 1 saturated heterocycles. The topological polar surface area (TPSA) is 70.9 Å². The average Bonchev–Trinajstić information content (AvgIpc) is 2.58. The standard InChI is InChI=1S/C13H22BrN5/c1-9-11(14)10(18(3)17-9)8-19-6-4-13(2,5-7-19)12(15)16/h4-8H2,1-3H3,(H3,15,16). The summed E-state index contributed by atoms with van der Waals surface area (Å²) in [6.45, 7) is 6.96. The van der Waals surface area contributed by atoms with Crippen LogP contribution >= 0.6 is 15.9 Å². The molecule has 1 aliphatic heterocycles. The third-order valence-corrected chi connectivity index (χ3v) is 5.28. The lowest BCUT2D eigenvalue weighted by Crippen LogP contribution is -2.45. The fourth-order valence-electron chi connectivity index (χ4n) is 2.54. The summed E-state index contributed by atoms with van der Waals surface area (Å²) in [7, 11) is 1.98. The molecule has 3 N–H and O–H groups in total. The van der Waals surface area contributed by atoms with E-state index >= 15 is 0 Å². The number of likely N-dealkylation sites (tertiary alicyclic amines) is 1. The summed E-state index contributed by atoms with van der Waals surface area (Å²) in [5, 5.41) is 12.1. The predicted octanol–water partition coefficient (Wildman–Crippen LogP) is 2.03. The van der Waals surface area contributed by atoms with E-state index in [0.717, 1.165) is 42.6 Å². The Balaban J connectivity index is 2.02. The Morgan fingerprint density at radius 2 is 2.05 bits per heavy atom. The summed E-state index contributed by atoms with van der Waals surface area (Å²) >= 11 is 3.61. The van der Waals surface area contributed by atoms with E-state index in [1.54, 1.807) is 0 Å². The SMILES string of the molecule is Cc1nn(C)c(CN2CCC(C)(C(=N)N)CC2)c1Br. The Labute approximate surface area is 122 Å². The molecule has 0 bridgehead atoms. The smallest absolute Gasteiger partial charge is 0.0966 e. The molecule has 5 nitrogen and oxygen atoms in total. The fraction of sp³-hybridized carbons (Fsp3) is 0.692. The van der Waals surface area contributed by atoms with Gasteiger partial charge in [0.2, 0.25) is 0 Å². The molecular formula is C13H22BrN5. The molecule has 0 radical (unpaired) electrons. The highest BCUT2D eigenvalue weighted by atomic mass is 79.9. The Morgan fingerprint density at radius 1 is 1.47 bits per heavy atom. The maximum Gasteiger partial charge on any atom is 0.0966 e. The highest BCUT2D eigenvalue weighted by Gasteiger charge is 2.33. The number of amidine groups is 1. The molecule has 6 heteroatoms. The zero-order valence-corrected chi connectivity index (χ0v) is 13.4. The van der Waals surface area contributed by atoms with Gasteiger partial charge in [-0.3, -0.25) is 15.0 Å². The van der Waals surface area contributed by atoms with Crippen LogP contribution in [0.3, 0.4) is 0 Å². The van der Waals surface area contributed by atoms with Crippen LogP contribution in [0.15, 0.2) is 4.47 Å². The summed E-state index contributed by atoms with van der Waals surface area (Å²) in [6.07, 6.45) is 1.91. The van der Waals surface area contributed by atoms with Crippen LogP contribution in [-0.2, 0) is 13.6 Å². The second-order valence-electron chi connectivity index (χ2n) is 5.72. The molecule has 0 saturated carbocycles. The van der Waals surface area contributed by atoms with E-state index in [0.29, 0.717) is 5.84 Å². The van der Waals surface area contributed by atoms with Crippen molar-refractivity contribution in [1.82, 2.24) is 14.7 Å². The van der Waals surface area contributed by atoms with Gasteiger partial charge in [0.25, 0.3) is 0 Å².